The molecule has 0 atom stereocenters. The van der Waals surface area contributed by atoms with Gasteiger partial charge in [0.15, 0.2) is 25.5 Å². The van der Waals surface area contributed by atoms with Gasteiger partial charge in [0.1, 0.15) is 0 Å². The monoisotopic (exact) mass is 745 g/mol. The van der Waals surface area contributed by atoms with Gasteiger partial charge in [0, 0.05) is 16.7 Å². The van der Waals surface area contributed by atoms with E-state index in [9.17, 15) is 0 Å². The van der Waals surface area contributed by atoms with Gasteiger partial charge < -0.3 is 0 Å². The zero-order valence-electron chi connectivity index (χ0n) is 31.9. The minimum absolute atomic E-state index is 0.647. The van der Waals surface area contributed by atoms with Gasteiger partial charge in [0.05, 0.1) is 0 Å². The number of hydrogen-bond acceptors (Lipinski definition) is 3. The Morgan fingerprint density at radius 1 is 0.298 bits per heavy atom. The van der Waals surface area contributed by atoms with E-state index < -0.39 is 8.07 Å². The fourth-order valence-corrected chi connectivity index (χ4v) is 13.6. The third-order valence-corrected chi connectivity index (χ3v) is 16.3. The molecule has 0 bridgehead atoms. The number of hydrogen-bond donors (Lipinski definition) is 0. The SMILES string of the molecule is Cc1ccc([Si]2(c3ccc(C)cc3)c3ccccc3-c3cc(-c4nc(-c5ccccc5)nc(-c5ccc(-c6ccc(-c7ccccc7)cc6)cc5)n4)ccc32)cc1. The topological polar surface area (TPSA) is 38.7 Å². The normalized spacial score (nSPS) is 12.5. The number of nitrogens with zero attached hydrogens (tertiary/aromatic N) is 3. The quantitative estimate of drug-likeness (QED) is 0.153. The van der Waals surface area contributed by atoms with Gasteiger partial charge in [-0.05, 0) is 74.0 Å². The van der Waals surface area contributed by atoms with E-state index in [0.29, 0.717) is 17.5 Å². The molecule has 10 rings (SSSR count). The molecule has 57 heavy (non-hydrogen) atoms. The Morgan fingerprint density at radius 2 is 0.667 bits per heavy atom. The van der Waals surface area contributed by atoms with E-state index in [2.05, 4.69) is 190 Å². The average molecular weight is 746 g/mol. The van der Waals surface area contributed by atoms with E-state index in [1.807, 2.05) is 24.3 Å². The maximum absolute atomic E-state index is 5.19. The van der Waals surface area contributed by atoms with Gasteiger partial charge in [-0.15, -0.1) is 0 Å². The molecular weight excluding hydrogens is 707 g/mol. The third-order valence-electron chi connectivity index (χ3n) is 11.4. The largest absolute Gasteiger partial charge is 0.208 e. The van der Waals surface area contributed by atoms with Crippen LogP contribution in [0.15, 0.2) is 200 Å². The van der Waals surface area contributed by atoms with Crippen molar-refractivity contribution in [2.45, 2.75) is 13.8 Å². The molecule has 0 N–H and O–H groups in total. The summed E-state index contributed by atoms with van der Waals surface area (Å²) in [4.78, 5) is 15.4. The highest BCUT2D eigenvalue weighted by atomic mass is 28.3. The van der Waals surface area contributed by atoms with Gasteiger partial charge in [0.2, 0.25) is 0 Å². The van der Waals surface area contributed by atoms with Crippen molar-refractivity contribution in [3.63, 3.8) is 0 Å². The lowest BCUT2D eigenvalue weighted by Gasteiger charge is -2.31. The van der Waals surface area contributed by atoms with Gasteiger partial charge in [-0.25, -0.2) is 15.0 Å². The molecular formula is C53H39N3Si. The van der Waals surface area contributed by atoms with E-state index in [1.165, 1.54) is 54.1 Å². The van der Waals surface area contributed by atoms with Crippen molar-refractivity contribution in [2.24, 2.45) is 0 Å². The minimum Gasteiger partial charge on any atom is -0.208 e. The van der Waals surface area contributed by atoms with Crippen LogP contribution in [-0.2, 0) is 0 Å². The summed E-state index contributed by atoms with van der Waals surface area (Å²) in [5.74, 6) is 1.96. The van der Waals surface area contributed by atoms with Crippen LogP contribution in [0.2, 0.25) is 0 Å². The first-order chi connectivity index (χ1) is 28.0. The van der Waals surface area contributed by atoms with Crippen molar-refractivity contribution >= 4 is 28.8 Å². The molecule has 9 aromatic rings. The lowest BCUT2D eigenvalue weighted by atomic mass is 9.99. The van der Waals surface area contributed by atoms with Gasteiger partial charge in [-0.3, -0.25) is 0 Å². The molecule has 0 amide bonds. The molecule has 1 aliphatic rings. The maximum atomic E-state index is 5.19. The van der Waals surface area contributed by atoms with Gasteiger partial charge in [-0.1, -0.05) is 205 Å². The van der Waals surface area contributed by atoms with Crippen molar-refractivity contribution in [1.82, 2.24) is 15.0 Å². The summed E-state index contributed by atoms with van der Waals surface area (Å²) < 4.78 is 0. The van der Waals surface area contributed by atoms with Crippen LogP contribution in [0.5, 0.6) is 0 Å². The van der Waals surface area contributed by atoms with Crippen molar-refractivity contribution in [1.29, 1.82) is 0 Å². The van der Waals surface area contributed by atoms with E-state index >= 15 is 0 Å². The molecule has 270 valence electrons. The van der Waals surface area contributed by atoms with Crippen LogP contribution in [0.25, 0.3) is 67.5 Å². The maximum Gasteiger partial charge on any atom is 0.180 e. The van der Waals surface area contributed by atoms with Crippen LogP contribution in [0.4, 0.5) is 0 Å². The summed E-state index contributed by atoms with van der Waals surface area (Å²) in [5, 5.41) is 5.59. The molecule has 4 heteroatoms. The highest BCUT2D eigenvalue weighted by molar-refractivity contribution is 7.22. The van der Waals surface area contributed by atoms with Crippen LogP contribution in [0.3, 0.4) is 0 Å². The number of aromatic nitrogens is 3. The summed E-state index contributed by atoms with van der Waals surface area (Å²) in [5.41, 5.74) is 12.7. The summed E-state index contributed by atoms with van der Waals surface area (Å²) >= 11 is 0. The van der Waals surface area contributed by atoms with Crippen molar-refractivity contribution in [2.75, 3.05) is 0 Å². The lowest BCUT2D eigenvalue weighted by molar-refractivity contribution is 1.07. The van der Waals surface area contributed by atoms with Gasteiger partial charge >= 0.3 is 0 Å². The Bertz CT molecular complexity index is 2820. The third kappa shape index (κ3) is 6.12. The first-order valence-corrected chi connectivity index (χ1v) is 21.5. The number of aryl methyl sites for hydroxylation is 2. The smallest absolute Gasteiger partial charge is 0.180 e. The summed E-state index contributed by atoms with van der Waals surface area (Å²) in [6, 6.07) is 72.4. The van der Waals surface area contributed by atoms with E-state index in [1.54, 1.807) is 0 Å². The zero-order chi connectivity index (χ0) is 38.3. The molecule has 3 nitrogen and oxygen atoms in total. The molecule has 0 saturated carbocycles. The summed E-state index contributed by atoms with van der Waals surface area (Å²) in [6.07, 6.45) is 0. The van der Waals surface area contributed by atoms with Crippen LogP contribution in [0, 0.1) is 13.8 Å². The van der Waals surface area contributed by atoms with Gasteiger partial charge in [0.25, 0.3) is 0 Å². The predicted octanol–water partition coefficient (Wildman–Crippen LogP) is 10.2. The standard InChI is InChI=1S/C53H39N3Si/c1-36-17-30-45(31-18-36)57(46-32-19-37(2)20-33-46)49-16-10-9-15-47(49)48-35-44(29-34-50(48)57)53-55-51(42-13-7-4-8-14-42)54-52(56-53)43-27-25-41(26-28-43)40-23-21-39(22-24-40)38-11-5-3-6-12-38/h3-35H,1-2H3. The number of benzene rings is 8. The van der Waals surface area contributed by atoms with E-state index in [0.717, 1.165) is 27.8 Å². The lowest BCUT2D eigenvalue weighted by Crippen LogP contribution is -2.72. The van der Waals surface area contributed by atoms with Crippen LogP contribution in [0.1, 0.15) is 11.1 Å². The fourth-order valence-electron chi connectivity index (χ4n) is 8.47. The predicted molar refractivity (Wildman–Crippen MR) is 239 cm³/mol. The molecule has 1 aliphatic heterocycles. The Labute approximate surface area is 335 Å². The summed E-state index contributed by atoms with van der Waals surface area (Å²) in [7, 11) is -2.63. The molecule has 8 aromatic carbocycles. The van der Waals surface area contributed by atoms with E-state index in [-0.39, 0.29) is 0 Å². The van der Waals surface area contributed by atoms with Crippen LogP contribution in [-0.4, -0.2) is 23.0 Å². The van der Waals surface area contributed by atoms with Crippen molar-refractivity contribution < 1.29 is 0 Å². The molecule has 0 fully saturated rings. The molecule has 0 radical (unpaired) electrons. The molecule has 0 unspecified atom stereocenters. The van der Waals surface area contributed by atoms with Crippen LogP contribution >= 0.6 is 0 Å². The molecule has 0 saturated heterocycles. The van der Waals surface area contributed by atoms with Crippen molar-refractivity contribution in [3.05, 3.63) is 211 Å². The summed E-state index contributed by atoms with van der Waals surface area (Å²) in [6.45, 7) is 4.33. The van der Waals surface area contributed by atoms with Gasteiger partial charge in [-0.2, -0.15) is 0 Å². The molecule has 2 heterocycles. The second-order valence-electron chi connectivity index (χ2n) is 15.0. The Morgan fingerprint density at radius 3 is 1.19 bits per heavy atom. The molecule has 0 aliphatic carbocycles. The molecule has 1 aromatic heterocycles. The highest BCUT2D eigenvalue weighted by Gasteiger charge is 2.48. The zero-order valence-corrected chi connectivity index (χ0v) is 32.9. The minimum atomic E-state index is -2.63. The number of rotatable bonds is 7. The first kappa shape index (κ1) is 34.5. The second kappa shape index (κ2) is 14.2. The Kier molecular flexibility index (Phi) is 8.62. The fraction of sp³-hybridized carbons (Fsp3) is 0.0377. The Balaban J connectivity index is 1.09. The average Bonchev–Trinajstić information content (AvgIpc) is 3.58. The van der Waals surface area contributed by atoms with Crippen molar-refractivity contribution in [3.8, 4) is 67.5 Å². The van der Waals surface area contributed by atoms with E-state index in [4.69, 9.17) is 15.0 Å². The first-order valence-electron chi connectivity index (χ1n) is 19.5. The van der Waals surface area contributed by atoms with Crippen LogP contribution < -0.4 is 20.7 Å². The Hall–Kier alpha value is -7.01. The second-order valence-corrected chi connectivity index (χ2v) is 18.7. The molecule has 0 spiro atoms. The highest BCUT2D eigenvalue weighted by Crippen LogP contribution is 2.33. The number of fused-ring (bicyclic) bond motifs is 3.